The molecular weight excluding hydrogens is 271 g/mol. The first-order valence-electron chi connectivity index (χ1n) is 6.46. The molecule has 0 unspecified atom stereocenters. The van der Waals surface area contributed by atoms with Crippen LogP contribution in [0.5, 0.6) is 0 Å². The van der Waals surface area contributed by atoms with Crippen LogP contribution in [0.4, 0.5) is 18.9 Å². The molecule has 0 bridgehead atoms. The summed E-state index contributed by atoms with van der Waals surface area (Å²) in [4.78, 5) is 12.9. The second-order valence-corrected chi connectivity index (χ2v) is 5.03. The number of anilines is 1. The SMILES string of the molecule is CC(C)N(CCCn1cc(N)ccc1=O)CC(F)(F)F. The number of hydrogen-bond donors (Lipinski definition) is 1. The second kappa shape index (κ2) is 6.78. The number of pyridine rings is 1. The summed E-state index contributed by atoms with van der Waals surface area (Å²) in [6, 6.07) is 2.66. The van der Waals surface area contributed by atoms with E-state index in [1.807, 2.05) is 0 Å². The Kier molecular flexibility index (Phi) is 5.62. The van der Waals surface area contributed by atoms with Crippen molar-refractivity contribution in [2.75, 3.05) is 18.8 Å². The maximum absolute atomic E-state index is 12.4. The minimum absolute atomic E-state index is 0.200. The highest BCUT2D eigenvalue weighted by molar-refractivity contribution is 5.33. The molecule has 1 heterocycles. The maximum atomic E-state index is 12.4. The Balaban J connectivity index is 2.56. The summed E-state index contributed by atoms with van der Waals surface area (Å²) >= 11 is 0. The lowest BCUT2D eigenvalue weighted by atomic mass is 10.2. The summed E-state index contributed by atoms with van der Waals surface area (Å²) < 4.78 is 38.7. The van der Waals surface area contributed by atoms with Crippen molar-refractivity contribution in [3.8, 4) is 0 Å². The van der Waals surface area contributed by atoms with Gasteiger partial charge in [-0.25, -0.2) is 0 Å². The summed E-state index contributed by atoms with van der Waals surface area (Å²) in [5.41, 5.74) is 5.83. The van der Waals surface area contributed by atoms with Crippen LogP contribution in [-0.2, 0) is 6.54 Å². The molecule has 114 valence electrons. The van der Waals surface area contributed by atoms with Crippen molar-refractivity contribution >= 4 is 5.69 Å². The standard InChI is InChI=1S/C13H20F3N3O/c1-10(2)19(9-13(14,15)16)7-3-6-18-8-11(17)4-5-12(18)20/h4-5,8,10H,3,6-7,9,17H2,1-2H3. The van der Waals surface area contributed by atoms with E-state index >= 15 is 0 Å². The fraction of sp³-hybridized carbons (Fsp3) is 0.615. The smallest absolute Gasteiger partial charge is 0.398 e. The number of nitrogens with two attached hydrogens (primary N) is 1. The van der Waals surface area contributed by atoms with Gasteiger partial charge in [0.1, 0.15) is 0 Å². The van der Waals surface area contributed by atoms with Crippen molar-refractivity contribution in [3.05, 3.63) is 28.7 Å². The van der Waals surface area contributed by atoms with E-state index in [0.717, 1.165) is 0 Å². The molecule has 0 saturated carbocycles. The van der Waals surface area contributed by atoms with Crippen molar-refractivity contribution in [2.45, 2.75) is 39.0 Å². The minimum atomic E-state index is -4.21. The summed E-state index contributed by atoms with van der Waals surface area (Å²) in [6.45, 7) is 3.14. The van der Waals surface area contributed by atoms with E-state index in [1.165, 1.54) is 27.8 Å². The zero-order chi connectivity index (χ0) is 15.3. The third-order valence-corrected chi connectivity index (χ3v) is 2.96. The minimum Gasteiger partial charge on any atom is -0.398 e. The zero-order valence-corrected chi connectivity index (χ0v) is 11.7. The summed E-state index contributed by atoms with van der Waals surface area (Å²) in [5, 5.41) is 0. The molecule has 0 aliphatic rings. The molecule has 4 nitrogen and oxygen atoms in total. The van der Waals surface area contributed by atoms with Gasteiger partial charge in [-0.3, -0.25) is 9.69 Å². The molecule has 0 radical (unpaired) electrons. The Hall–Kier alpha value is -1.50. The normalized spacial score (nSPS) is 12.3. The molecule has 0 aliphatic heterocycles. The van der Waals surface area contributed by atoms with Crippen LogP contribution in [0.15, 0.2) is 23.1 Å². The number of halogens is 3. The maximum Gasteiger partial charge on any atom is 0.401 e. The molecule has 0 aliphatic carbocycles. The van der Waals surface area contributed by atoms with E-state index < -0.39 is 12.7 Å². The molecule has 0 aromatic carbocycles. The Morgan fingerprint density at radius 1 is 1.35 bits per heavy atom. The van der Waals surface area contributed by atoms with Crippen molar-refractivity contribution in [2.24, 2.45) is 0 Å². The highest BCUT2D eigenvalue weighted by atomic mass is 19.4. The number of nitrogens with zero attached hydrogens (tertiary/aromatic N) is 2. The Bertz CT molecular complexity index is 482. The molecule has 1 aromatic heterocycles. The van der Waals surface area contributed by atoms with Crippen LogP contribution in [-0.4, -0.2) is 34.8 Å². The zero-order valence-electron chi connectivity index (χ0n) is 11.7. The monoisotopic (exact) mass is 291 g/mol. The van der Waals surface area contributed by atoms with Crippen molar-refractivity contribution < 1.29 is 13.2 Å². The van der Waals surface area contributed by atoms with Crippen molar-refractivity contribution in [1.82, 2.24) is 9.47 Å². The van der Waals surface area contributed by atoms with Gasteiger partial charge in [0.2, 0.25) is 0 Å². The Morgan fingerprint density at radius 2 is 2.00 bits per heavy atom. The number of alkyl halides is 3. The third kappa shape index (κ3) is 5.64. The number of aryl methyl sites for hydroxylation is 1. The van der Waals surface area contributed by atoms with Crippen LogP contribution in [0.1, 0.15) is 20.3 Å². The van der Waals surface area contributed by atoms with Gasteiger partial charge in [-0.05, 0) is 26.3 Å². The summed E-state index contributed by atoms with van der Waals surface area (Å²) in [6.07, 6.45) is -2.25. The number of hydrogen-bond acceptors (Lipinski definition) is 3. The van der Waals surface area contributed by atoms with Crippen LogP contribution in [0.2, 0.25) is 0 Å². The first-order chi connectivity index (χ1) is 9.19. The molecular formula is C13H20F3N3O. The largest absolute Gasteiger partial charge is 0.401 e. The highest BCUT2D eigenvalue weighted by Crippen LogP contribution is 2.18. The molecule has 1 rings (SSSR count). The van der Waals surface area contributed by atoms with Gasteiger partial charge in [-0.2, -0.15) is 13.2 Å². The Morgan fingerprint density at radius 3 is 2.55 bits per heavy atom. The quantitative estimate of drug-likeness (QED) is 0.873. The van der Waals surface area contributed by atoms with Gasteiger partial charge in [-0.1, -0.05) is 0 Å². The number of aromatic nitrogens is 1. The molecule has 0 fully saturated rings. The first kappa shape index (κ1) is 16.6. The lowest BCUT2D eigenvalue weighted by Crippen LogP contribution is -2.40. The molecule has 0 atom stereocenters. The fourth-order valence-corrected chi connectivity index (χ4v) is 1.92. The predicted octanol–water partition coefficient (Wildman–Crippen LogP) is 2.09. The summed E-state index contributed by atoms with van der Waals surface area (Å²) in [7, 11) is 0. The summed E-state index contributed by atoms with van der Waals surface area (Å²) in [5.74, 6) is 0. The highest BCUT2D eigenvalue weighted by Gasteiger charge is 2.31. The van der Waals surface area contributed by atoms with Gasteiger partial charge in [0, 0.05) is 37.1 Å². The molecule has 0 amide bonds. The van der Waals surface area contributed by atoms with Crippen LogP contribution in [0, 0.1) is 0 Å². The van der Waals surface area contributed by atoms with Crippen LogP contribution < -0.4 is 11.3 Å². The van der Waals surface area contributed by atoms with E-state index in [2.05, 4.69) is 0 Å². The van der Waals surface area contributed by atoms with Gasteiger partial charge in [0.05, 0.1) is 6.54 Å². The van der Waals surface area contributed by atoms with Gasteiger partial charge in [-0.15, -0.1) is 0 Å². The molecule has 0 spiro atoms. The third-order valence-electron chi connectivity index (χ3n) is 2.96. The van der Waals surface area contributed by atoms with Gasteiger partial charge in [0.25, 0.3) is 5.56 Å². The Labute approximate surface area is 116 Å². The first-order valence-corrected chi connectivity index (χ1v) is 6.46. The van der Waals surface area contributed by atoms with Crippen molar-refractivity contribution in [1.29, 1.82) is 0 Å². The molecule has 0 saturated heterocycles. The number of nitrogen functional groups attached to an aromatic ring is 1. The molecule has 7 heteroatoms. The van der Waals surface area contributed by atoms with Crippen molar-refractivity contribution in [3.63, 3.8) is 0 Å². The van der Waals surface area contributed by atoms with Crippen LogP contribution >= 0.6 is 0 Å². The van der Waals surface area contributed by atoms with Crippen LogP contribution in [0.3, 0.4) is 0 Å². The average molecular weight is 291 g/mol. The van der Waals surface area contributed by atoms with Gasteiger partial charge in [0.15, 0.2) is 0 Å². The lowest BCUT2D eigenvalue weighted by Gasteiger charge is -2.27. The average Bonchev–Trinajstić information content (AvgIpc) is 2.30. The fourth-order valence-electron chi connectivity index (χ4n) is 1.92. The second-order valence-electron chi connectivity index (χ2n) is 5.03. The van der Waals surface area contributed by atoms with Crippen LogP contribution in [0.25, 0.3) is 0 Å². The molecule has 1 aromatic rings. The van der Waals surface area contributed by atoms with E-state index in [1.54, 1.807) is 13.8 Å². The van der Waals surface area contributed by atoms with E-state index in [-0.39, 0.29) is 18.1 Å². The van der Waals surface area contributed by atoms with Gasteiger partial charge >= 0.3 is 6.18 Å². The number of rotatable bonds is 6. The topological polar surface area (TPSA) is 51.3 Å². The molecule has 20 heavy (non-hydrogen) atoms. The predicted molar refractivity (Wildman–Crippen MR) is 72.5 cm³/mol. The van der Waals surface area contributed by atoms with E-state index in [0.29, 0.717) is 18.7 Å². The van der Waals surface area contributed by atoms with E-state index in [4.69, 9.17) is 5.73 Å². The lowest BCUT2D eigenvalue weighted by molar-refractivity contribution is -0.149. The molecule has 2 N–H and O–H groups in total. The van der Waals surface area contributed by atoms with E-state index in [9.17, 15) is 18.0 Å². The van der Waals surface area contributed by atoms with Gasteiger partial charge < -0.3 is 10.3 Å².